The van der Waals surface area contributed by atoms with Gasteiger partial charge in [-0.05, 0) is 26.2 Å². The van der Waals surface area contributed by atoms with E-state index < -0.39 is 17.1 Å². The maximum atomic E-state index is 11.9. The molecule has 0 aliphatic rings. The first-order valence-electron chi connectivity index (χ1n) is 7.51. The fourth-order valence-electron chi connectivity index (χ4n) is 2.18. The summed E-state index contributed by atoms with van der Waals surface area (Å²) in [6.45, 7) is 0.813. The summed E-state index contributed by atoms with van der Waals surface area (Å²) >= 11 is 0. The number of nitro groups is 1. The van der Waals surface area contributed by atoms with Crippen molar-refractivity contribution in [2.45, 2.75) is 12.6 Å². The second-order valence-corrected chi connectivity index (χ2v) is 5.75. The van der Waals surface area contributed by atoms with E-state index in [9.17, 15) is 20.0 Å². The summed E-state index contributed by atoms with van der Waals surface area (Å²) in [6.07, 6.45) is 2.50. The van der Waals surface area contributed by atoms with Crippen LogP contribution in [-0.4, -0.2) is 57.5 Å². The normalized spacial score (nSPS) is 12.0. The van der Waals surface area contributed by atoms with Gasteiger partial charge in [0.1, 0.15) is 0 Å². The maximum absolute atomic E-state index is 11.9. The zero-order valence-corrected chi connectivity index (χ0v) is 13.9. The van der Waals surface area contributed by atoms with E-state index in [-0.39, 0.29) is 5.69 Å². The van der Waals surface area contributed by atoms with Crippen molar-refractivity contribution in [3.63, 3.8) is 0 Å². The van der Waals surface area contributed by atoms with E-state index in [1.165, 1.54) is 35.1 Å². The number of aliphatic hydroxyl groups excluding tert-OH is 1. The van der Waals surface area contributed by atoms with E-state index >= 15 is 0 Å². The molecule has 1 aromatic heterocycles. The van der Waals surface area contributed by atoms with Crippen LogP contribution in [0.3, 0.4) is 0 Å². The molecule has 0 saturated heterocycles. The number of carbonyl (C=O) groups excluding carboxylic acids is 1. The van der Waals surface area contributed by atoms with Crippen molar-refractivity contribution in [3.05, 3.63) is 46.8 Å². The van der Waals surface area contributed by atoms with Crippen LogP contribution in [0, 0.1) is 10.1 Å². The van der Waals surface area contributed by atoms with Gasteiger partial charge in [0.2, 0.25) is 0 Å². The van der Waals surface area contributed by atoms with Crippen LogP contribution in [-0.2, 0) is 6.54 Å². The Labute approximate surface area is 144 Å². The number of hydrogen-bond acceptors (Lipinski definition) is 6. The number of non-ortho nitro benzene ring substituents is 1. The minimum absolute atomic E-state index is 0.0523. The summed E-state index contributed by atoms with van der Waals surface area (Å²) in [5.74, 6) is 0. The van der Waals surface area contributed by atoms with E-state index in [0.717, 1.165) is 0 Å². The van der Waals surface area contributed by atoms with Crippen LogP contribution in [0.4, 0.5) is 21.9 Å². The molecule has 2 rings (SSSR count). The lowest BCUT2D eigenvalue weighted by molar-refractivity contribution is -0.384. The van der Waals surface area contributed by atoms with E-state index in [2.05, 4.69) is 15.7 Å². The predicted octanol–water partition coefficient (Wildman–Crippen LogP) is 1.36. The van der Waals surface area contributed by atoms with E-state index in [4.69, 9.17) is 0 Å². The molecule has 25 heavy (non-hydrogen) atoms. The van der Waals surface area contributed by atoms with Crippen molar-refractivity contribution < 1.29 is 14.8 Å². The van der Waals surface area contributed by atoms with Crippen LogP contribution >= 0.6 is 0 Å². The standard InChI is InChI=1S/C15H20N6O4/c1-19(2)9-14(22)10-20-8-12(7-16-20)18-15(23)17-11-3-5-13(6-4-11)21(24)25/h3-8,14,22H,9-10H2,1-2H3,(H2,17,18,23). The Morgan fingerprint density at radius 2 is 1.96 bits per heavy atom. The molecule has 1 heterocycles. The molecule has 3 N–H and O–H groups in total. The lowest BCUT2D eigenvalue weighted by Crippen LogP contribution is -2.29. The third kappa shape index (κ3) is 5.86. The highest BCUT2D eigenvalue weighted by Crippen LogP contribution is 2.15. The number of anilines is 2. The number of aliphatic hydroxyl groups is 1. The molecule has 2 aromatic rings. The molecule has 134 valence electrons. The lowest BCUT2D eigenvalue weighted by Gasteiger charge is -2.15. The molecule has 1 unspecified atom stereocenters. The van der Waals surface area contributed by atoms with Gasteiger partial charge in [0.15, 0.2) is 0 Å². The number of hydrogen-bond donors (Lipinski definition) is 3. The maximum Gasteiger partial charge on any atom is 0.323 e. The number of carbonyl (C=O) groups is 1. The van der Waals surface area contributed by atoms with Crippen LogP contribution in [0.15, 0.2) is 36.7 Å². The number of rotatable bonds is 7. The Kier molecular flexibility index (Phi) is 6.03. The van der Waals surface area contributed by atoms with Crippen molar-refractivity contribution >= 4 is 23.1 Å². The molecule has 0 radical (unpaired) electrons. The highest BCUT2D eigenvalue weighted by molar-refractivity contribution is 5.99. The van der Waals surface area contributed by atoms with Crippen LogP contribution in [0.5, 0.6) is 0 Å². The molecule has 10 nitrogen and oxygen atoms in total. The van der Waals surface area contributed by atoms with Crippen LogP contribution < -0.4 is 10.6 Å². The monoisotopic (exact) mass is 348 g/mol. The Morgan fingerprint density at radius 1 is 1.32 bits per heavy atom. The highest BCUT2D eigenvalue weighted by atomic mass is 16.6. The number of benzene rings is 1. The highest BCUT2D eigenvalue weighted by Gasteiger charge is 2.10. The molecule has 1 aromatic carbocycles. The number of aromatic nitrogens is 2. The number of nitrogens with zero attached hydrogens (tertiary/aromatic N) is 4. The SMILES string of the molecule is CN(C)CC(O)Cn1cc(NC(=O)Nc2ccc([N+](=O)[O-])cc2)cn1. The molecule has 10 heteroatoms. The van der Waals surface area contributed by atoms with Crippen LogP contribution in [0.25, 0.3) is 0 Å². The number of urea groups is 1. The molecule has 0 bridgehead atoms. The van der Waals surface area contributed by atoms with Crippen molar-refractivity contribution in [3.8, 4) is 0 Å². The van der Waals surface area contributed by atoms with Crippen molar-refractivity contribution in [1.82, 2.24) is 14.7 Å². The van der Waals surface area contributed by atoms with Gasteiger partial charge in [-0.15, -0.1) is 0 Å². The number of nitro benzene ring substituents is 1. The second kappa shape index (κ2) is 8.22. The smallest absolute Gasteiger partial charge is 0.323 e. The van der Waals surface area contributed by atoms with E-state index in [0.29, 0.717) is 24.5 Å². The fraction of sp³-hybridized carbons (Fsp3) is 0.333. The van der Waals surface area contributed by atoms with Crippen molar-refractivity contribution in [1.29, 1.82) is 0 Å². The summed E-state index contributed by atoms with van der Waals surface area (Å²) in [5.41, 5.74) is 0.844. The average molecular weight is 348 g/mol. The van der Waals surface area contributed by atoms with Gasteiger partial charge in [-0.1, -0.05) is 0 Å². The van der Waals surface area contributed by atoms with Crippen LogP contribution in [0.1, 0.15) is 0 Å². The topological polar surface area (TPSA) is 126 Å². The zero-order valence-electron chi connectivity index (χ0n) is 13.9. The summed E-state index contributed by atoms with van der Waals surface area (Å²) in [5, 5.41) is 29.7. The molecule has 1 atom stereocenters. The summed E-state index contributed by atoms with van der Waals surface area (Å²) in [6, 6.07) is 5.00. The predicted molar refractivity (Wildman–Crippen MR) is 92.5 cm³/mol. The summed E-state index contributed by atoms with van der Waals surface area (Å²) in [7, 11) is 3.73. The van der Waals surface area contributed by atoms with Crippen LogP contribution in [0.2, 0.25) is 0 Å². The first-order chi connectivity index (χ1) is 11.8. The van der Waals surface area contributed by atoms with Gasteiger partial charge in [0.25, 0.3) is 5.69 Å². The molecule has 0 aliphatic carbocycles. The average Bonchev–Trinajstić information content (AvgIpc) is 2.93. The largest absolute Gasteiger partial charge is 0.390 e. The van der Waals surface area contributed by atoms with Gasteiger partial charge in [-0.3, -0.25) is 14.8 Å². The van der Waals surface area contributed by atoms with Gasteiger partial charge < -0.3 is 20.6 Å². The zero-order chi connectivity index (χ0) is 18.4. The molecular formula is C15H20N6O4. The van der Waals surface area contributed by atoms with E-state index in [1.807, 2.05) is 19.0 Å². The minimum Gasteiger partial charge on any atom is -0.390 e. The quantitative estimate of drug-likeness (QED) is 0.512. The fourth-order valence-corrected chi connectivity index (χ4v) is 2.18. The number of nitrogens with one attached hydrogen (secondary N) is 2. The third-order valence-corrected chi connectivity index (χ3v) is 3.20. The van der Waals surface area contributed by atoms with Gasteiger partial charge in [0.05, 0.1) is 29.5 Å². The minimum atomic E-state index is -0.573. The van der Waals surface area contributed by atoms with Crippen molar-refractivity contribution in [2.75, 3.05) is 31.3 Å². The first-order valence-corrected chi connectivity index (χ1v) is 7.51. The number of likely N-dealkylation sites (N-methyl/N-ethyl adjacent to an activating group) is 1. The van der Waals surface area contributed by atoms with Crippen molar-refractivity contribution in [2.24, 2.45) is 0 Å². The molecule has 0 spiro atoms. The second-order valence-electron chi connectivity index (χ2n) is 5.75. The molecular weight excluding hydrogens is 328 g/mol. The summed E-state index contributed by atoms with van der Waals surface area (Å²) in [4.78, 5) is 23.9. The molecule has 2 amide bonds. The Morgan fingerprint density at radius 3 is 2.56 bits per heavy atom. The third-order valence-electron chi connectivity index (χ3n) is 3.20. The Hall–Kier alpha value is -2.98. The lowest BCUT2D eigenvalue weighted by atomic mass is 10.3. The van der Waals surface area contributed by atoms with Gasteiger partial charge >= 0.3 is 6.03 Å². The van der Waals surface area contributed by atoms with E-state index in [1.54, 1.807) is 6.20 Å². The Bertz CT molecular complexity index is 728. The van der Waals surface area contributed by atoms with Gasteiger partial charge in [-0.25, -0.2) is 4.79 Å². The first kappa shape index (κ1) is 18.4. The van der Waals surface area contributed by atoms with Gasteiger partial charge in [0, 0.05) is 30.6 Å². The number of amides is 2. The molecule has 0 fully saturated rings. The molecule has 0 aliphatic heterocycles. The van der Waals surface area contributed by atoms with Gasteiger partial charge in [-0.2, -0.15) is 5.10 Å². The summed E-state index contributed by atoms with van der Waals surface area (Å²) < 4.78 is 1.54. The molecule has 0 saturated carbocycles. The Balaban J connectivity index is 1.87.